The summed E-state index contributed by atoms with van der Waals surface area (Å²) >= 11 is 0. The van der Waals surface area contributed by atoms with Crippen molar-refractivity contribution in [1.29, 1.82) is 0 Å². The van der Waals surface area contributed by atoms with E-state index in [4.69, 9.17) is 9.47 Å². The lowest BCUT2D eigenvalue weighted by molar-refractivity contribution is -0.147. The summed E-state index contributed by atoms with van der Waals surface area (Å²) in [6, 6.07) is -0.778. The van der Waals surface area contributed by atoms with Gasteiger partial charge in [0.05, 0.1) is 19.8 Å². The summed E-state index contributed by atoms with van der Waals surface area (Å²) in [6.45, 7) is 7.21. The van der Waals surface area contributed by atoms with E-state index in [1.54, 1.807) is 20.8 Å². The number of hydrogen-bond acceptors (Lipinski definition) is 5. The molecule has 6 heteroatoms. The van der Waals surface area contributed by atoms with E-state index < -0.39 is 29.8 Å². The van der Waals surface area contributed by atoms with Crippen LogP contribution in [0.1, 0.15) is 34.1 Å². The summed E-state index contributed by atoms with van der Waals surface area (Å²) in [5.41, 5.74) is -0.646. The molecule has 19 heavy (non-hydrogen) atoms. The largest absolute Gasteiger partial charge is 0.467 e. The molecule has 1 N–H and O–H groups in total. The number of likely N-dealkylation sites (tertiary alicyclic amines) is 1. The Morgan fingerprint density at radius 2 is 1.95 bits per heavy atom. The average molecular weight is 273 g/mol. The van der Waals surface area contributed by atoms with Crippen molar-refractivity contribution in [3.05, 3.63) is 0 Å². The normalized spacial score (nSPS) is 27.3. The van der Waals surface area contributed by atoms with Gasteiger partial charge in [0.1, 0.15) is 11.6 Å². The smallest absolute Gasteiger partial charge is 0.411 e. The van der Waals surface area contributed by atoms with Crippen molar-refractivity contribution in [1.82, 2.24) is 4.90 Å². The number of rotatable bonds is 2. The van der Waals surface area contributed by atoms with Crippen molar-refractivity contribution in [2.45, 2.75) is 51.9 Å². The fourth-order valence-electron chi connectivity index (χ4n) is 2.32. The number of esters is 1. The highest BCUT2D eigenvalue weighted by Crippen LogP contribution is 2.29. The van der Waals surface area contributed by atoms with E-state index in [0.717, 1.165) is 0 Å². The zero-order chi connectivity index (χ0) is 14.8. The van der Waals surface area contributed by atoms with Gasteiger partial charge in [-0.3, -0.25) is 4.90 Å². The maximum Gasteiger partial charge on any atom is 0.411 e. The molecule has 1 heterocycles. The van der Waals surface area contributed by atoms with Crippen LogP contribution in [0, 0.1) is 5.92 Å². The Bertz CT molecular complexity index is 349. The quantitative estimate of drug-likeness (QED) is 0.764. The molecule has 1 saturated heterocycles. The Morgan fingerprint density at radius 3 is 2.37 bits per heavy atom. The van der Waals surface area contributed by atoms with Crippen LogP contribution in [0.5, 0.6) is 0 Å². The fourth-order valence-corrected chi connectivity index (χ4v) is 2.32. The number of nitrogens with zero attached hydrogens (tertiary/aromatic N) is 1. The number of aliphatic hydroxyl groups is 1. The second-order valence-corrected chi connectivity index (χ2v) is 5.74. The van der Waals surface area contributed by atoms with E-state index >= 15 is 0 Å². The van der Waals surface area contributed by atoms with Gasteiger partial charge < -0.3 is 14.6 Å². The van der Waals surface area contributed by atoms with E-state index in [2.05, 4.69) is 0 Å². The first kappa shape index (κ1) is 15.8. The summed E-state index contributed by atoms with van der Waals surface area (Å²) in [7, 11) is 1.27. The zero-order valence-corrected chi connectivity index (χ0v) is 12.2. The van der Waals surface area contributed by atoms with Gasteiger partial charge in [0.15, 0.2) is 0 Å². The molecule has 1 amide bonds. The first-order chi connectivity index (χ1) is 8.71. The van der Waals surface area contributed by atoms with Gasteiger partial charge in [-0.25, -0.2) is 9.59 Å². The van der Waals surface area contributed by atoms with Crippen LogP contribution in [0.25, 0.3) is 0 Å². The third kappa shape index (κ3) is 3.59. The van der Waals surface area contributed by atoms with E-state index in [9.17, 15) is 14.7 Å². The lowest BCUT2D eigenvalue weighted by atomic mass is 9.95. The van der Waals surface area contributed by atoms with Gasteiger partial charge in [0.2, 0.25) is 0 Å². The molecule has 0 spiro atoms. The molecule has 1 aliphatic rings. The number of amides is 1. The predicted molar refractivity (Wildman–Crippen MR) is 68.5 cm³/mol. The maximum absolute atomic E-state index is 12.1. The fraction of sp³-hybridized carbons (Fsp3) is 0.846. The SMILES string of the molecule is CC[C@H]1[C@@H](C(=O)OC)N(C(=O)OC(C)(C)C)C[C@@H]1O. The van der Waals surface area contributed by atoms with Crippen LogP contribution in [0.2, 0.25) is 0 Å². The molecule has 0 aromatic rings. The lowest BCUT2D eigenvalue weighted by Gasteiger charge is -2.28. The number of carbonyl (C=O) groups excluding carboxylic acids is 2. The van der Waals surface area contributed by atoms with Gasteiger partial charge in [-0.2, -0.15) is 0 Å². The van der Waals surface area contributed by atoms with Crippen molar-refractivity contribution in [2.24, 2.45) is 5.92 Å². The number of carbonyl (C=O) groups is 2. The minimum Gasteiger partial charge on any atom is -0.467 e. The molecule has 110 valence electrons. The Morgan fingerprint density at radius 1 is 1.37 bits per heavy atom. The summed E-state index contributed by atoms with van der Waals surface area (Å²) < 4.78 is 9.98. The van der Waals surface area contributed by atoms with E-state index in [0.29, 0.717) is 6.42 Å². The second kappa shape index (κ2) is 5.77. The van der Waals surface area contributed by atoms with Gasteiger partial charge in [-0.15, -0.1) is 0 Å². The number of aliphatic hydroxyl groups excluding tert-OH is 1. The highest BCUT2D eigenvalue weighted by Gasteiger charge is 2.48. The number of β-amino-alcohol motifs (C(OH)–C–C–N with tert-alkyl or cyclic N) is 1. The molecule has 3 atom stereocenters. The molecule has 1 aliphatic heterocycles. The molecule has 0 unspecified atom stereocenters. The third-order valence-corrected chi connectivity index (χ3v) is 3.16. The van der Waals surface area contributed by atoms with Crippen LogP contribution in [-0.2, 0) is 14.3 Å². The van der Waals surface area contributed by atoms with E-state index in [1.165, 1.54) is 12.0 Å². The minimum atomic E-state index is -0.778. The monoisotopic (exact) mass is 273 g/mol. The van der Waals surface area contributed by atoms with Crippen LogP contribution in [0.4, 0.5) is 4.79 Å². The number of hydrogen-bond donors (Lipinski definition) is 1. The van der Waals surface area contributed by atoms with Crippen molar-refractivity contribution in [2.75, 3.05) is 13.7 Å². The first-order valence-electron chi connectivity index (χ1n) is 6.46. The molecule has 0 aromatic heterocycles. The van der Waals surface area contributed by atoms with Gasteiger partial charge in [0, 0.05) is 5.92 Å². The number of ether oxygens (including phenoxy) is 2. The summed E-state index contributed by atoms with van der Waals surface area (Å²) in [5.74, 6) is -0.839. The molecule has 0 bridgehead atoms. The Balaban J connectivity index is 2.92. The molecule has 1 rings (SSSR count). The molecule has 0 saturated carbocycles. The molecule has 1 fully saturated rings. The molecule has 6 nitrogen and oxygen atoms in total. The van der Waals surface area contributed by atoms with Gasteiger partial charge in [0.25, 0.3) is 0 Å². The maximum atomic E-state index is 12.1. The van der Waals surface area contributed by atoms with Crippen molar-refractivity contribution in [3.8, 4) is 0 Å². The topological polar surface area (TPSA) is 76.1 Å². The second-order valence-electron chi connectivity index (χ2n) is 5.74. The van der Waals surface area contributed by atoms with Gasteiger partial charge in [-0.1, -0.05) is 6.92 Å². The van der Waals surface area contributed by atoms with Crippen LogP contribution in [-0.4, -0.2) is 53.5 Å². The van der Waals surface area contributed by atoms with Gasteiger partial charge in [-0.05, 0) is 27.2 Å². The Labute approximate surface area is 113 Å². The number of methoxy groups -OCH3 is 1. The van der Waals surface area contributed by atoms with Crippen molar-refractivity contribution >= 4 is 12.1 Å². The molecule has 0 radical (unpaired) electrons. The summed E-state index contributed by atoms with van der Waals surface area (Å²) in [4.78, 5) is 25.2. The standard InChI is InChI=1S/C13H23NO5/c1-6-8-9(15)7-14(10(8)11(16)18-5)12(17)19-13(2,3)4/h8-10,15H,6-7H2,1-5H3/t8-,9+,10+/m1/s1. The summed E-state index contributed by atoms with van der Waals surface area (Å²) in [5, 5.41) is 9.96. The molecular formula is C13H23NO5. The Kier molecular flexibility index (Phi) is 4.79. The highest BCUT2D eigenvalue weighted by molar-refractivity contribution is 5.82. The first-order valence-corrected chi connectivity index (χ1v) is 6.46. The van der Waals surface area contributed by atoms with Gasteiger partial charge >= 0.3 is 12.1 Å². The highest BCUT2D eigenvalue weighted by atomic mass is 16.6. The van der Waals surface area contributed by atoms with Crippen LogP contribution >= 0.6 is 0 Å². The molecular weight excluding hydrogens is 250 g/mol. The van der Waals surface area contributed by atoms with Crippen molar-refractivity contribution < 1.29 is 24.2 Å². The third-order valence-electron chi connectivity index (χ3n) is 3.16. The van der Waals surface area contributed by atoms with Crippen LogP contribution < -0.4 is 0 Å². The van der Waals surface area contributed by atoms with E-state index in [-0.39, 0.29) is 12.5 Å². The minimum absolute atomic E-state index is 0.0905. The predicted octanol–water partition coefficient (Wildman–Crippen LogP) is 1.17. The van der Waals surface area contributed by atoms with Crippen LogP contribution in [0.15, 0.2) is 0 Å². The summed E-state index contributed by atoms with van der Waals surface area (Å²) in [6.07, 6.45) is -0.750. The van der Waals surface area contributed by atoms with Crippen molar-refractivity contribution in [3.63, 3.8) is 0 Å². The molecule has 0 aliphatic carbocycles. The van der Waals surface area contributed by atoms with Crippen LogP contribution in [0.3, 0.4) is 0 Å². The zero-order valence-electron chi connectivity index (χ0n) is 12.2. The van der Waals surface area contributed by atoms with E-state index in [1.807, 2.05) is 6.92 Å². The Hall–Kier alpha value is -1.30. The molecule has 0 aromatic carbocycles. The average Bonchev–Trinajstić information content (AvgIpc) is 2.63. The lowest BCUT2D eigenvalue weighted by Crippen LogP contribution is -2.46.